The largest absolute Gasteiger partial charge is 0.465 e. The van der Waals surface area contributed by atoms with Crippen molar-refractivity contribution >= 4 is 22.9 Å². The molecule has 0 aliphatic heterocycles. The third kappa shape index (κ3) is 4.50. The second kappa shape index (κ2) is 9.07. The van der Waals surface area contributed by atoms with Gasteiger partial charge in [-0.2, -0.15) is 5.10 Å². The van der Waals surface area contributed by atoms with Crippen LogP contribution in [0.5, 0.6) is 0 Å². The molecule has 0 aliphatic rings. The fourth-order valence-corrected chi connectivity index (χ4v) is 3.54. The van der Waals surface area contributed by atoms with Crippen molar-refractivity contribution in [1.82, 2.24) is 20.1 Å². The van der Waals surface area contributed by atoms with Crippen LogP contribution in [0.3, 0.4) is 0 Å². The smallest absolute Gasteiger partial charge is 0.337 e. The Balaban J connectivity index is 1.62. The van der Waals surface area contributed by atoms with E-state index in [9.17, 15) is 9.59 Å². The molecule has 0 bridgehead atoms. The van der Waals surface area contributed by atoms with E-state index >= 15 is 0 Å². The second-order valence-corrected chi connectivity index (χ2v) is 7.69. The molecule has 1 amide bonds. The highest BCUT2D eigenvalue weighted by Crippen LogP contribution is 2.25. The monoisotopic (exact) mass is 408 g/mol. The van der Waals surface area contributed by atoms with E-state index in [2.05, 4.69) is 35.9 Å². The Morgan fingerprint density at radius 1 is 1.17 bits per heavy atom. The molecular formula is C23H28N4O3. The second-order valence-electron chi connectivity index (χ2n) is 7.69. The van der Waals surface area contributed by atoms with Gasteiger partial charge in [-0.3, -0.25) is 4.79 Å². The lowest BCUT2D eigenvalue weighted by molar-refractivity contribution is -0.121. The average Bonchev–Trinajstić information content (AvgIpc) is 3.16. The Bertz CT molecular complexity index is 1070. The first-order chi connectivity index (χ1) is 14.3. The molecule has 1 N–H and O–H groups in total. The number of nitrogens with one attached hydrogen (secondary N) is 1. The van der Waals surface area contributed by atoms with Gasteiger partial charge in [-0.15, -0.1) is 0 Å². The zero-order valence-corrected chi connectivity index (χ0v) is 18.2. The van der Waals surface area contributed by atoms with E-state index in [-0.39, 0.29) is 17.9 Å². The van der Waals surface area contributed by atoms with Gasteiger partial charge in [0, 0.05) is 30.1 Å². The topological polar surface area (TPSA) is 86.1 Å². The van der Waals surface area contributed by atoms with Gasteiger partial charge in [0.15, 0.2) is 5.65 Å². The van der Waals surface area contributed by atoms with Crippen molar-refractivity contribution in [1.29, 1.82) is 0 Å². The van der Waals surface area contributed by atoms with Crippen LogP contribution in [0, 0.1) is 13.8 Å². The molecule has 3 aromatic rings. The lowest BCUT2D eigenvalue weighted by Crippen LogP contribution is -2.23. The molecule has 0 saturated carbocycles. The van der Waals surface area contributed by atoms with E-state index in [0.29, 0.717) is 24.9 Å². The number of carbonyl (C=O) groups excluding carboxylic acids is 2. The minimum absolute atomic E-state index is 0.0242. The zero-order valence-electron chi connectivity index (χ0n) is 18.2. The maximum atomic E-state index is 12.4. The number of amides is 1. The normalized spacial score (nSPS) is 11.1. The van der Waals surface area contributed by atoms with Gasteiger partial charge in [0.1, 0.15) is 0 Å². The number of benzene rings is 1. The number of hydrogen-bond donors (Lipinski definition) is 1. The summed E-state index contributed by atoms with van der Waals surface area (Å²) in [7, 11) is 1.35. The first kappa shape index (κ1) is 21.5. The number of rotatable bonds is 7. The third-order valence-corrected chi connectivity index (χ3v) is 5.29. The standard InChI is InChI=1S/C23H28N4O3/c1-14(2)27-22-20(13-25-27)15(3)19(16(4)26-22)10-11-21(28)24-12-17-6-8-18(9-7-17)23(29)30-5/h6-9,13-14H,10-12H2,1-5H3,(H,24,28). The van der Waals surface area contributed by atoms with E-state index in [4.69, 9.17) is 4.98 Å². The van der Waals surface area contributed by atoms with Gasteiger partial charge in [-0.1, -0.05) is 12.1 Å². The molecule has 7 nitrogen and oxygen atoms in total. The van der Waals surface area contributed by atoms with Crippen LogP contribution in [0.2, 0.25) is 0 Å². The maximum Gasteiger partial charge on any atom is 0.337 e. The van der Waals surface area contributed by atoms with Crippen LogP contribution in [-0.4, -0.2) is 33.8 Å². The lowest BCUT2D eigenvalue weighted by Gasteiger charge is -2.13. The molecule has 0 radical (unpaired) electrons. The van der Waals surface area contributed by atoms with E-state index in [1.807, 2.05) is 29.9 Å². The number of fused-ring (bicyclic) bond motifs is 1. The Hall–Kier alpha value is -3.22. The number of methoxy groups -OCH3 is 1. The predicted octanol–water partition coefficient (Wildman–Crippen LogP) is 3.66. The van der Waals surface area contributed by atoms with Crippen LogP contribution in [0.25, 0.3) is 11.0 Å². The van der Waals surface area contributed by atoms with E-state index in [0.717, 1.165) is 33.4 Å². The summed E-state index contributed by atoms with van der Waals surface area (Å²) in [6, 6.07) is 7.25. The predicted molar refractivity (Wildman–Crippen MR) is 115 cm³/mol. The highest BCUT2D eigenvalue weighted by Gasteiger charge is 2.15. The Kier molecular flexibility index (Phi) is 6.50. The van der Waals surface area contributed by atoms with E-state index in [1.165, 1.54) is 7.11 Å². The van der Waals surface area contributed by atoms with Crippen LogP contribution in [-0.2, 0) is 22.5 Å². The minimum atomic E-state index is -0.374. The Morgan fingerprint density at radius 3 is 2.50 bits per heavy atom. The zero-order chi connectivity index (χ0) is 21.8. The van der Waals surface area contributed by atoms with E-state index in [1.54, 1.807) is 12.1 Å². The van der Waals surface area contributed by atoms with Crippen molar-refractivity contribution in [2.75, 3.05) is 7.11 Å². The molecule has 158 valence electrons. The SMILES string of the molecule is COC(=O)c1ccc(CNC(=O)CCc2c(C)nc3c(cnn3C(C)C)c2C)cc1. The molecule has 3 rings (SSSR count). The molecule has 7 heteroatoms. The molecule has 0 saturated heterocycles. The van der Waals surface area contributed by atoms with Gasteiger partial charge in [-0.05, 0) is 62.9 Å². The molecule has 1 aromatic carbocycles. The number of carbonyl (C=O) groups is 2. The van der Waals surface area contributed by atoms with Gasteiger partial charge in [0.25, 0.3) is 0 Å². The van der Waals surface area contributed by atoms with Crippen LogP contribution >= 0.6 is 0 Å². The quantitative estimate of drug-likeness (QED) is 0.603. The number of hydrogen-bond acceptors (Lipinski definition) is 5. The minimum Gasteiger partial charge on any atom is -0.465 e. The number of aromatic nitrogens is 3. The summed E-state index contributed by atoms with van der Waals surface area (Å²) in [5, 5.41) is 8.44. The van der Waals surface area contributed by atoms with Gasteiger partial charge in [-0.25, -0.2) is 14.5 Å². The molecular weight excluding hydrogens is 380 g/mol. The molecule has 2 aromatic heterocycles. The number of ether oxygens (including phenoxy) is 1. The Labute approximate surface area is 176 Å². The first-order valence-electron chi connectivity index (χ1n) is 10.1. The van der Waals surface area contributed by atoms with E-state index < -0.39 is 0 Å². The molecule has 2 heterocycles. The van der Waals surface area contributed by atoms with Crippen molar-refractivity contribution in [3.05, 3.63) is 58.4 Å². The van der Waals surface area contributed by atoms with Gasteiger partial charge >= 0.3 is 5.97 Å². The Morgan fingerprint density at radius 2 is 1.87 bits per heavy atom. The van der Waals surface area contributed by atoms with Crippen molar-refractivity contribution in [3.63, 3.8) is 0 Å². The van der Waals surface area contributed by atoms with Crippen LogP contribution < -0.4 is 5.32 Å². The summed E-state index contributed by atoms with van der Waals surface area (Å²) >= 11 is 0. The maximum absolute atomic E-state index is 12.4. The number of pyridine rings is 1. The van der Waals surface area contributed by atoms with Gasteiger partial charge < -0.3 is 10.1 Å². The fraction of sp³-hybridized carbons (Fsp3) is 0.391. The number of nitrogens with zero attached hydrogens (tertiary/aromatic N) is 3. The third-order valence-electron chi connectivity index (χ3n) is 5.29. The molecule has 0 aliphatic carbocycles. The van der Waals surface area contributed by atoms with Crippen LogP contribution in [0.4, 0.5) is 0 Å². The fourth-order valence-electron chi connectivity index (χ4n) is 3.54. The summed E-state index contributed by atoms with van der Waals surface area (Å²) in [5.74, 6) is -0.398. The molecule has 30 heavy (non-hydrogen) atoms. The summed E-state index contributed by atoms with van der Waals surface area (Å²) < 4.78 is 6.62. The number of esters is 1. The van der Waals surface area contributed by atoms with Crippen molar-refractivity contribution in [3.8, 4) is 0 Å². The van der Waals surface area contributed by atoms with Crippen molar-refractivity contribution < 1.29 is 14.3 Å². The average molecular weight is 409 g/mol. The number of aryl methyl sites for hydroxylation is 2. The van der Waals surface area contributed by atoms with Crippen molar-refractivity contribution in [2.45, 2.75) is 53.1 Å². The molecule has 0 spiro atoms. The van der Waals surface area contributed by atoms with Crippen LogP contribution in [0.15, 0.2) is 30.5 Å². The highest BCUT2D eigenvalue weighted by molar-refractivity contribution is 5.89. The summed E-state index contributed by atoms with van der Waals surface area (Å²) in [6.07, 6.45) is 2.87. The molecule has 0 atom stereocenters. The summed E-state index contributed by atoms with van der Waals surface area (Å²) in [4.78, 5) is 28.6. The van der Waals surface area contributed by atoms with Crippen LogP contribution in [0.1, 0.15) is 59.1 Å². The van der Waals surface area contributed by atoms with Crippen molar-refractivity contribution in [2.24, 2.45) is 0 Å². The highest BCUT2D eigenvalue weighted by atomic mass is 16.5. The molecule has 0 fully saturated rings. The summed E-state index contributed by atoms with van der Waals surface area (Å²) in [5.41, 5.74) is 5.48. The lowest BCUT2D eigenvalue weighted by atomic mass is 10.0. The van der Waals surface area contributed by atoms with Gasteiger partial charge in [0.2, 0.25) is 5.91 Å². The molecule has 0 unspecified atom stereocenters. The summed E-state index contributed by atoms with van der Waals surface area (Å²) in [6.45, 7) is 8.64. The van der Waals surface area contributed by atoms with Gasteiger partial charge in [0.05, 0.1) is 18.9 Å². The first-order valence-corrected chi connectivity index (χ1v) is 10.1.